The Morgan fingerprint density at radius 3 is 2.47 bits per heavy atom. The summed E-state index contributed by atoms with van der Waals surface area (Å²) < 4.78 is 28.0. The highest BCUT2D eigenvalue weighted by atomic mass is 19.2. The van der Waals surface area contributed by atoms with E-state index in [1.54, 1.807) is 17.0 Å². The van der Waals surface area contributed by atoms with Crippen LogP contribution in [0.1, 0.15) is 44.1 Å². The number of H-pyrrole nitrogens is 1. The van der Waals surface area contributed by atoms with Crippen LogP contribution in [0.15, 0.2) is 59.7 Å². The van der Waals surface area contributed by atoms with E-state index < -0.39 is 23.1 Å². The number of halogens is 2. The Bertz CT molecular complexity index is 1870. The third-order valence-electron chi connectivity index (χ3n) is 8.32. The lowest BCUT2D eigenvalue weighted by molar-refractivity contribution is -0.131. The van der Waals surface area contributed by atoms with Gasteiger partial charge >= 0.3 is 0 Å². The molecule has 0 aliphatic carbocycles. The van der Waals surface area contributed by atoms with E-state index in [-0.39, 0.29) is 50.1 Å². The molecule has 1 fully saturated rings. The minimum atomic E-state index is -1.04. The van der Waals surface area contributed by atoms with Crippen molar-refractivity contribution in [1.82, 2.24) is 34.9 Å². The number of amides is 3. The van der Waals surface area contributed by atoms with Crippen LogP contribution in [0, 0.1) is 11.6 Å². The molecule has 1 saturated heterocycles. The fourth-order valence-electron chi connectivity index (χ4n) is 5.57. The molecule has 47 heavy (non-hydrogen) atoms. The van der Waals surface area contributed by atoms with E-state index in [4.69, 9.17) is 0 Å². The lowest BCUT2D eigenvalue weighted by atomic mass is 10.1. The van der Waals surface area contributed by atoms with Crippen molar-refractivity contribution in [1.29, 1.82) is 0 Å². The van der Waals surface area contributed by atoms with E-state index >= 15 is 0 Å². The van der Waals surface area contributed by atoms with Crippen LogP contribution in [0.3, 0.4) is 0 Å². The number of nitrogens with zero attached hydrogens (tertiary/aromatic N) is 6. The first-order chi connectivity index (χ1) is 22.7. The number of likely N-dealkylation sites (N-methyl/N-ethyl adjacent to an activating group) is 1. The molecule has 4 aromatic rings. The summed E-state index contributed by atoms with van der Waals surface area (Å²) in [5, 5.41) is 12.5. The molecule has 6 rings (SSSR count). The second-order valence-electron chi connectivity index (χ2n) is 11.5. The predicted octanol–water partition coefficient (Wildman–Crippen LogP) is 1.96. The van der Waals surface area contributed by atoms with Crippen LogP contribution in [0.25, 0.3) is 0 Å². The molecule has 3 amide bonds. The zero-order valence-corrected chi connectivity index (χ0v) is 25.6. The van der Waals surface area contributed by atoms with Crippen molar-refractivity contribution in [2.75, 3.05) is 50.0 Å². The van der Waals surface area contributed by atoms with Crippen molar-refractivity contribution in [2.45, 2.75) is 26.1 Å². The van der Waals surface area contributed by atoms with Gasteiger partial charge in [0.2, 0.25) is 5.91 Å². The number of hydrogen-bond donors (Lipinski definition) is 3. The Kier molecular flexibility index (Phi) is 9.06. The fourth-order valence-corrected chi connectivity index (χ4v) is 5.57. The first kappa shape index (κ1) is 31.5. The first-order valence-corrected chi connectivity index (χ1v) is 15.1. The number of fused-ring (bicyclic) bond motifs is 1. The molecule has 0 bridgehead atoms. The molecule has 0 unspecified atom stereocenters. The summed E-state index contributed by atoms with van der Waals surface area (Å²) in [7, 11) is 2.10. The number of aromatic nitrogens is 4. The van der Waals surface area contributed by atoms with Gasteiger partial charge < -0.3 is 29.9 Å². The smallest absolute Gasteiger partial charge is 0.282 e. The van der Waals surface area contributed by atoms with Crippen molar-refractivity contribution in [3.8, 4) is 0 Å². The van der Waals surface area contributed by atoms with Crippen LogP contribution in [0.2, 0.25) is 0 Å². The Balaban J connectivity index is 0.992. The van der Waals surface area contributed by atoms with Gasteiger partial charge in [-0.3, -0.25) is 24.3 Å². The standard InChI is InChI=1S/C32H33F2N9O4/c1-40-12-14-41(15-13-40)22-5-3-21(4-6-22)30(45)37-29-23-18-43(19-26(23)38-39-29)27(44)8-9-36-31(46)28-32(47)42(11-10-35-28)17-20-2-7-24(33)25(34)16-20/h2-7,10-11,16H,8-9,12-15,17-19H2,1H3,(H,36,46)(H2,37,38,39,45). The minimum Gasteiger partial charge on any atom is -0.369 e. The van der Waals surface area contributed by atoms with Crippen molar-refractivity contribution in [2.24, 2.45) is 0 Å². The van der Waals surface area contributed by atoms with E-state index in [9.17, 15) is 28.0 Å². The maximum absolute atomic E-state index is 13.6. The van der Waals surface area contributed by atoms with Gasteiger partial charge in [-0.2, -0.15) is 5.10 Å². The summed E-state index contributed by atoms with van der Waals surface area (Å²) in [4.78, 5) is 61.5. The molecule has 0 saturated carbocycles. The average molecular weight is 646 g/mol. The molecule has 0 spiro atoms. The van der Waals surface area contributed by atoms with Crippen LogP contribution in [0.5, 0.6) is 0 Å². The van der Waals surface area contributed by atoms with Crippen molar-refractivity contribution >= 4 is 29.2 Å². The molecule has 2 aromatic heterocycles. The third-order valence-corrected chi connectivity index (χ3v) is 8.32. The van der Waals surface area contributed by atoms with Gasteiger partial charge in [0.25, 0.3) is 17.4 Å². The van der Waals surface area contributed by atoms with Crippen LogP contribution in [-0.4, -0.2) is 87.0 Å². The van der Waals surface area contributed by atoms with Gasteiger partial charge in [0.05, 0.1) is 25.3 Å². The van der Waals surface area contributed by atoms with E-state index in [1.807, 2.05) is 12.1 Å². The van der Waals surface area contributed by atoms with Gasteiger partial charge in [-0.1, -0.05) is 6.07 Å². The molecule has 0 radical (unpaired) electrons. The summed E-state index contributed by atoms with van der Waals surface area (Å²) >= 11 is 0. The molecular weight excluding hydrogens is 612 g/mol. The van der Waals surface area contributed by atoms with Crippen molar-refractivity contribution in [3.05, 3.63) is 105 Å². The minimum absolute atomic E-state index is 0.0410. The average Bonchev–Trinajstić information content (AvgIpc) is 3.66. The Hall–Kier alpha value is -5.44. The van der Waals surface area contributed by atoms with Gasteiger partial charge in [0.1, 0.15) is 0 Å². The van der Waals surface area contributed by atoms with Crippen LogP contribution in [0.4, 0.5) is 20.3 Å². The maximum Gasteiger partial charge on any atom is 0.282 e. The number of hydrogen-bond acceptors (Lipinski definition) is 8. The maximum atomic E-state index is 13.6. The van der Waals surface area contributed by atoms with Crippen molar-refractivity contribution in [3.63, 3.8) is 0 Å². The van der Waals surface area contributed by atoms with E-state index in [0.29, 0.717) is 28.2 Å². The number of nitrogens with one attached hydrogen (secondary N) is 3. The number of rotatable bonds is 9. The molecular formula is C32H33F2N9O4. The van der Waals surface area contributed by atoms with E-state index in [0.717, 1.165) is 48.6 Å². The number of aromatic amines is 1. The topological polar surface area (TPSA) is 149 Å². The summed E-state index contributed by atoms with van der Waals surface area (Å²) in [6, 6.07) is 10.7. The van der Waals surface area contributed by atoms with Gasteiger partial charge in [0.15, 0.2) is 23.1 Å². The molecule has 2 aromatic carbocycles. The van der Waals surface area contributed by atoms with Crippen LogP contribution in [-0.2, 0) is 24.4 Å². The quantitative estimate of drug-likeness (QED) is 0.250. The Morgan fingerprint density at radius 1 is 0.957 bits per heavy atom. The fraction of sp³-hybridized carbons (Fsp3) is 0.312. The highest BCUT2D eigenvalue weighted by Gasteiger charge is 2.29. The zero-order valence-electron chi connectivity index (χ0n) is 25.6. The molecule has 2 aliphatic heterocycles. The van der Waals surface area contributed by atoms with E-state index in [2.05, 4.69) is 42.7 Å². The number of carbonyl (C=O) groups is 3. The molecule has 2 aliphatic rings. The highest BCUT2D eigenvalue weighted by molar-refractivity contribution is 6.04. The van der Waals surface area contributed by atoms with Crippen molar-refractivity contribution < 1.29 is 23.2 Å². The monoisotopic (exact) mass is 645 g/mol. The molecule has 15 heteroatoms. The summed E-state index contributed by atoms with van der Waals surface area (Å²) in [5.41, 5.74) is 2.20. The number of anilines is 2. The SMILES string of the molecule is CN1CCN(c2ccc(C(=O)Nc3n[nH]c4c3CN(C(=O)CCNC(=O)c3nccn(Cc5ccc(F)c(F)c5)c3=O)C4)cc2)CC1. The normalized spacial score (nSPS) is 14.6. The van der Waals surface area contributed by atoms with Crippen LogP contribution >= 0.6 is 0 Å². The van der Waals surface area contributed by atoms with Crippen LogP contribution < -0.4 is 21.1 Å². The molecule has 0 atom stereocenters. The lowest BCUT2D eigenvalue weighted by Crippen LogP contribution is -2.44. The second kappa shape index (κ2) is 13.5. The lowest BCUT2D eigenvalue weighted by Gasteiger charge is -2.34. The first-order valence-electron chi connectivity index (χ1n) is 15.1. The van der Waals surface area contributed by atoms with Gasteiger partial charge in [0, 0.05) is 68.4 Å². The predicted molar refractivity (Wildman–Crippen MR) is 168 cm³/mol. The summed E-state index contributed by atoms with van der Waals surface area (Å²) in [6.45, 7) is 4.18. The van der Waals surface area contributed by atoms with Gasteiger partial charge in [-0.15, -0.1) is 0 Å². The Morgan fingerprint density at radius 2 is 1.72 bits per heavy atom. The zero-order chi connectivity index (χ0) is 33.1. The number of piperazine rings is 1. The summed E-state index contributed by atoms with van der Waals surface area (Å²) in [5.74, 6) is -3.02. The highest BCUT2D eigenvalue weighted by Crippen LogP contribution is 2.28. The van der Waals surface area contributed by atoms with Gasteiger partial charge in [-0.25, -0.2) is 13.8 Å². The molecule has 244 valence electrons. The largest absolute Gasteiger partial charge is 0.369 e. The third kappa shape index (κ3) is 7.04. The second-order valence-corrected chi connectivity index (χ2v) is 11.5. The van der Waals surface area contributed by atoms with Gasteiger partial charge in [-0.05, 0) is 49.0 Å². The number of carbonyl (C=O) groups excluding carboxylic acids is 3. The molecule has 4 heterocycles. The molecule has 3 N–H and O–H groups in total. The number of benzene rings is 2. The molecule has 13 nitrogen and oxygen atoms in total. The van der Waals surface area contributed by atoms with E-state index in [1.165, 1.54) is 18.5 Å². The Labute approximate surface area is 268 Å². The summed E-state index contributed by atoms with van der Waals surface area (Å²) in [6.07, 6.45) is 2.55.